The molecule has 1 rings (SSSR count). The minimum atomic E-state index is -0.924. The van der Waals surface area contributed by atoms with Crippen molar-refractivity contribution < 1.29 is 14.7 Å². The van der Waals surface area contributed by atoms with Crippen LogP contribution in [0.1, 0.15) is 16.8 Å². The largest absolute Gasteiger partial charge is 0.481 e. The molecule has 20 heavy (non-hydrogen) atoms. The van der Waals surface area contributed by atoms with Gasteiger partial charge in [0.1, 0.15) is 0 Å². The van der Waals surface area contributed by atoms with Crippen molar-refractivity contribution in [1.82, 2.24) is 9.80 Å². The van der Waals surface area contributed by atoms with Crippen LogP contribution < -0.4 is 0 Å². The predicted molar refractivity (Wildman–Crippen MR) is 78.2 cm³/mol. The molecule has 0 heterocycles. The normalized spacial score (nSPS) is 10.6. The van der Waals surface area contributed by atoms with E-state index < -0.39 is 5.97 Å². The number of nitrogens with zero attached hydrogens (tertiary/aromatic N) is 2. The third kappa shape index (κ3) is 5.19. The minimum absolute atomic E-state index is 0.0797. The van der Waals surface area contributed by atoms with Crippen molar-refractivity contribution in [2.45, 2.75) is 6.42 Å². The molecule has 1 aromatic carbocycles. The van der Waals surface area contributed by atoms with E-state index in [-0.39, 0.29) is 18.9 Å². The van der Waals surface area contributed by atoms with E-state index in [1.165, 1.54) is 4.90 Å². The fourth-order valence-electron chi connectivity index (χ4n) is 1.67. The van der Waals surface area contributed by atoms with Crippen LogP contribution >= 0.6 is 11.6 Å². The predicted octanol–water partition coefficient (Wildman–Crippen LogP) is 1.82. The highest BCUT2D eigenvalue weighted by Gasteiger charge is 2.18. The van der Waals surface area contributed by atoms with E-state index in [0.29, 0.717) is 23.7 Å². The van der Waals surface area contributed by atoms with Crippen molar-refractivity contribution in [1.29, 1.82) is 0 Å². The Morgan fingerprint density at radius 2 is 1.80 bits per heavy atom. The van der Waals surface area contributed by atoms with E-state index in [1.807, 2.05) is 19.0 Å². The molecule has 1 aromatic rings. The Hall–Kier alpha value is -1.59. The Morgan fingerprint density at radius 1 is 1.15 bits per heavy atom. The topological polar surface area (TPSA) is 60.9 Å². The van der Waals surface area contributed by atoms with E-state index in [0.717, 1.165) is 0 Å². The molecular weight excluding hydrogens is 280 g/mol. The summed E-state index contributed by atoms with van der Waals surface area (Å²) in [4.78, 5) is 26.6. The first-order chi connectivity index (χ1) is 9.41. The smallest absolute Gasteiger partial charge is 0.305 e. The molecule has 0 saturated carbocycles. The molecule has 0 atom stereocenters. The highest BCUT2D eigenvalue weighted by Crippen LogP contribution is 2.17. The number of hydrogen-bond donors (Lipinski definition) is 1. The quantitative estimate of drug-likeness (QED) is 0.834. The number of likely N-dealkylation sites (N-methyl/N-ethyl adjacent to an activating group) is 1. The van der Waals surface area contributed by atoms with Crippen LogP contribution in [0.4, 0.5) is 0 Å². The molecule has 6 heteroatoms. The van der Waals surface area contributed by atoms with E-state index >= 15 is 0 Å². The molecule has 0 aromatic heterocycles. The number of benzene rings is 1. The number of hydrogen-bond acceptors (Lipinski definition) is 3. The summed E-state index contributed by atoms with van der Waals surface area (Å²) < 4.78 is 0. The molecule has 110 valence electrons. The van der Waals surface area contributed by atoms with Gasteiger partial charge in [-0.2, -0.15) is 0 Å². The lowest BCUT2D eigenvalue weighted by molar-refractivity contribution is -0.137. The van der Waals surface area contributed by atoms with Crippen LogP contribution in [0, 0.1) is 0 Å². The molecule has 0 saturated heterocycles. The van der Waals surface area contributed by atoms with Gasteiger partial charge in [-0.25, -0.2) is 0 Å². The van der Waals surface area contributed by atoms with Gasteiger partial charge in [0.15, 0.2) is 0 Å². The lowest BCUT2D eigenvalue weighted by Crippen LogP contribution is -2.38. The van der Waals surface area contributed by atoms with Crippen LogP contribution in [0.25, 0.3) is 0 Å². The average Bonchev–Trinajstić information content (AvgIpc) is 2.38. The summed E-state index contributed by atoms with van der Waals surface area (Å²) in [6, 6.07) is 6.78. The average molecular weight is 299 g/mol. The van der Waals surface area contributed by atoms with Crippen molar-refractivity contribution >= 4 is 23.5 Å². The lowest BCUT2D eigenvalue weighted by Gasteiger charge is -2.24. The molecule has 1 amide bonds. The molecule has 0 radical (unpaired) electrons. The maximum atomic E-state index is 12.4. The molecule has 0 spiro atoms. The molecule has 0 unspecified atom stereocenters. The second kappa shape index (κ2) is 7.87. The Labute approximate surface area is 123 Å². The van der Waals surface area contributed by atoms with Gasteiger partial charge in [0.2, 0.25) is 0 Å². The zero-order valence-corrected chi connectivity index (χ0v) is 12.4. The van der Waals surface area contributed by atoms with Gasteiger partial charge in [-0.1, -0.05) is 23.7 Å². The van der Waals surface area contributed by atoms with Gasteiger partial charge in [0.05, 0.1) is 17.0 Å². The number of carboxylic acid groups (broad SMARTS) is 1. The summed E-state index contributed by atoms with van der Waals surface area (Å²) in [5.41, 5.74) is 0.401. The Bertz CT molecular complexity index is 477. The molecule has 0 aliphatic rings. The number of carboxylic acids is 1. The fourth-order valence-corrected chi connectivity index (χ4v) is 1.89. The van der Waals surface area contributed by atoms with Crippen molar-refractivity contribution in [3.63, 3.8) is 0 Å². The van der Waals surface area contributed by atoms with Crippen molar-refractivity contribution in [2.24, 2.45) is 0 Å². The van der Waals surface area contributed by atoms with Crippen LogP contribution in [0.15, 0.2) is 24.3 Å². The van der Waals surface area contributed by atoms with Crippen molar-refractivity contribution in [3.05, 3.63) is 34.9 Å². The number of halogens is 1. The Balaban J connectivity index is 2.82. The summed E-state index contributed by atoms with van der Waals surface area (Å²) >= 11 is 6.01. The van der Waals surface area contributed by atoms with Gasteiger partial charge < -0.3 is 14.9 Å². The van der Waals surface area contributed by atoms with E-state index in [9.17, 15) is 9.59 Å². The lowest BCUT2D eigenvalue weighted by atomic mass is 10.2. The molecule has 1 N–H and O–H groups in total. The number of amides is 1. The monoisotopic (exact) mass is 298 g/mol. The van der Waals surface area contributed by atoms with E-state index in [1.54, 1.807) is 24.3 Å². The summed E-state index contributed by atoms with van der Waals surface area (Å²) in [5.74, 6) is -1.16. The summed E-state index contributed by atoms with van der Waals surface area (Å²) in [5, 5.41) is 9.15. The Kier molecular flexibility index (Phi) is 6.48. The highest BCUT2D eigenvalue weighted by atomic mass is 35.5. The van der Waals surface area contributed by atoms with E-state index in [2.05, 4.69) is 0 Å². The van der Waals surface area contributed by atoms with Gasteiger partial charge >= 0.3 is 5.97 Å². The van der Waals surface area contributed by atoms with Crippen LogP contribution in [0.5, 0.6) is 0 Å². The van der Waals surface area contributed by atoms with Gasteiger partial charge in [-0.15, -0.1) is 0 Å². The van der Waals surface area contributed by atoms with Crippen molar-refractivity contribution in [2.75, 3.05) is 33.7 Å². The van der Waals surface area contributed by atoms with E-state index in [4.69, 9.17) is 16.7 Å². The summed E-state index contributed by atoms with van der Waals surface area (Å²) in [6.45, 7) is 1.30. The SMILES string of the molecule is CN(C)CCN(CCC(=O)O)C(=O)c1ccccc1Cl. The molecule has 5 nitrogen and oxygen atoms in total. The molecule has 0 aliphatic carbocycles. The fraction of sp³-hybridized carbons (Fsp3) is 0.429. The second-order valence-corrected chi connectivity index (χ2v) is 5.13. The first-order valence-electron chi connectivity index (χ1n) is 6.32. The first kappa shape index (κ1) is 16.5. The minimum Gasteiger partial charge on any atom is -0.481 e. The van der Waals surface area contributed by atoms with Crippen LogP contribution in [0.2, 0.25) is 5.02 Å². The highest BCUT2D eigenvalue weighted by molar-refractivity contribution is 6.33. The van der Waals surface area contributed by atoms with Crippen LogP contribution in [-0.4, -0.2) is 60.5 Å². The maximum absolute atomic E-state index is 12.4. The van der Waals surface area contributed by atoms with Crippen LogP contribution in [0.3, 0.4) is 0 Å². The molecular formula is C14H19ClN2O3. The summed E-state index contributed by atoms with van der Waals surface area (Å²) in [6.07, 6.45) is -0.0797. The maximum Gasteiger partial charge on any atom is 0.305 e. The number of aliphatic carboxylic acids is 1. The van der Waals surface area contributed by atoms with Gasteiger partial charge in [0.25, 0.3) is 5.91 Å². The third-order valence-corrected chi connectivity index (χ3v) is 3.13. The zero-order chi connectivity index (χ0) is 15.1. The first-order valence-corrected chi connectivity index (χ1v) is 6.70. The van der Waals surface area contributed by atoms with Crippen LogP contribution in [-0.2, 0) is 4.79 Å². The Morgan fingerprint density at radius 3 is 2.35 bits per heavy atom. The molecule has 0 aliphatic heterocycles. The number of carbonyl (C=O) groups is 2. The third-order valence-electron chi connectivity index (χ3n) is 2.80. The zero-order valence-electron chi connectivity index (χ0n) is 11.7. The van der Waals surface area contributed by atoms with Gasteiger partial charge in [-0.3, -0.25) is 9.59 Å². The van der Waals surface area contributed by atoms with Gasteiger partial charge in [0, 0.05) is 19.6 Å². The standard InChI is InChI=1S/C14H19ClN2O3/c1-16(2)9-10-17(8-7-13(18)19)14(20)11-5-3-4-6-12(11)15/h3-6H,7-10H2,1-2H3,(H,18,19). The van der Waals surface area contributed by atoms with Crippen molar-refractivity contribution in [3.8, 4) is 0 Å². The molecule has 0 bridgehead atoms. The number of rotatable bonds is 7. The number of carbonyl (C=O) groups excluding carboxylic acids is 1. The molecule has 0 fully saturated rings. The van der Waals surface area contributed by atoms with Gasteiger partial charge in [-0.05, 0) is 26.2 Å². The second-order valence-electron chi connectivity index (χ2n) is 4.72. The summed E-state index contributed by atoms with van der Waals surface area (Å²) in [7, 11) is 3.80.